The highest BCUT2D eigenvalue weighted by atomic mass is 32.2. The van der Waals surface area contributed by atoms with Gasteiger partial charge in [-0.2, -0.15) is 0 Å². The molecule has 0 heterocycles. The van der Waals surface area contributed by atoms with E-state index in [1.807, 2.05) is 39.0 Å². The van der Waals surface area contributed by atoms with E-state index in [-0.39, 0.29) is 10.9 Å². The number of rotatable bonds is 8. The first-order valence-corrected chi connectivity index (χ1v) is 10.2. The van der Waals surface area contributed by atoms with Crippen molar-refractivity contribution in [2.45, 2.75) is 44.6 Å². The molecule has 0 aliphatic rings. The number of ether oxygens (including phenoxy) is 2. The third-order valence-electron chi connectivity index (χ3n) is 4.47. The Balaban J connectivity index is 2.33. The van der Waals surface area contributed by atoms with E-state index < -0.39 is 10.0 Å². The normalized spacial score (nSPS) is 12.7. The highest BCUT2D eigenvalue weighted by Gasteiger charge is 2.22. The molecule has 2 aromatic carbocycles. The number of hydrogen-bond acceptors (Lipinski definition) is 4. The molecule has 0 fully saturated rings. The summed E-state index contributed by atoms with van der Waals surface area (Å²) in [6.45, 7) is 5.87. The standard InChI is InChI=1S/C20H27NO4S/c1-6-15-13-17(9-11-20(15)25-5)26(22,23)21-18(7-2)16-8-10-19(24-4)14(3)12-16/h8-13,18,21H,6-7H2,1-5H3. The number of nitrogens with one attached hydrogen (secondary N) is 1. The summed E-state index contributed by atoms with van der Waals surface area (Å²) in [5.41, 5.74) is 2.75. The fourth-order valence-electron chi connectivity index (χ4n) is 2.96. The quantitative estimate of drug-likeness (QED) is 0.755. The molecule has 0 bridgehead atoms. The van der Waals surface area contributed by atoms with E-state index in [4.69, 9.17) is 9.47 Å². The van der Waals surface area contributed by atoms with Crippen LogP contribution in [0.25, 0.3) is 0 Å². The molecule has 142 valence electrons. The molecule has 1 atom stereocenters. The van der Waals surface area contributed by atoms with Gasteiger partial charge in [0.25, 0.3) is 0 Å². The molecule has 0 spiro atoms. The van der Waals surface area contributed by atoms with Crippen LogP contribution in [0.2, 0.25) is 0 Å². The zero-order chi connectivity index (χ0) is 19.3. The van der Waals surface area contributed by atoms with Crippen molar-refractivity contribution >= 4 is 10.0 Å². The van der Waals surface area contributed by atoms with E-state index in [1.165, 1.54) is 0 Å². The largest absolute Gasteiger partial charge is 0.496 e. The molecule has 2 rings (SSSR count). The summed E-state index contributed by atoms with van der Waals surface area (Å²) in [6, 6.07) is 10.4. The lowest BCUT2D eigenvalue weighted by atomic mass is 10.0. The summed E-state index contributed by atoms with van der Waals surface area (Å²) in [5, 5.41) is 0. The second-order valence-corrected chi connectivity index (χ2v) is 7.85. The molecule has 2 aromatic rings. The van der Waals surface area contributed by atoms with Gasteiger partial charge in [0.2, 0.25) is 10.0 Å². The number of hydrogen-bond donors (Lipinski definition) is 1. The number of sulfonamides is 1. The summed E-state index contributed by atoms with van der Waals surface area (Å²) in [4.78, 5) is 0.249. The Morgan fingerprint density at radius 2 is 1.65 bits per heavy atom. The lowest BCUT2D eigenvalue weighted by Crippen LogP contribution is -2.28. The maximum Gasteiger partial charge on any atom is 0.241 e. The fourth-order valence-corrected chi connectivity index (χ4v) is 4.32. The van der Waals surface area contributed by atoms with E-state index in [0.717, 1.165) is 22.4 Å². The highest BCUT2D eigenvalue weighted by Crippen LogP contribution is 2.27. The molecular weight excluding hydrogens is 350 g/mol. The molecule has 26 heavy (non-hydrogen) atoms. The van der Waals surface area contributed by atoms with Crippen molar-refractivity contribution in [3.05, 3.63) is 53.1 Å². The van der Waals surface area contributed by atoms with Gasteiger partial charge in [0.1, 0.15) is 11.5 Å². The Labute approximate surface area is 156 Å². The van der Waals surface area contributed by atoms with E-state index >= 15 is 0 Å². The van der Waals surface area contributed by atoms with Crippen LogP contribution in [-0.2, 0) is 16.4 Å². The van der Waals surface area contributed by atoms with Crippen LogP contribution in [0.3, 0.4) is 0 Å². The predicted octanol–water partition coefficient (Wildman–Crippen LogP) is 4.00. The molecule has 0 aliphatic carbocycles. The molecular formula is C20H27NO4S. The maximum atomic E-state index is 12.9. The SMILES string of the molecule is CCc1cc(S(=O)(=O)NC(CC)c2ccc(OC)c(C)c2)ccc1OC. The van der Waals surface area contributed by atoms with Crippen molar-refractivity contribution < 1.29 is 17.9 Å². The van der Waals surface area contributed by atoms with Crippen LogP contribution in [0.5, 0.6) is 11.5 Å². The van der Waals surface area contributed by atoms with Gasteiger partial charge < -0.3 is 9.47 Å². The van der Waals surface area contributed by atoms with Gasteiger partial charge in [0.15, 0.2) is 0 Å². The molecule has 0 saturated carbocycles. The van der Waals surface area contributed by atoms with Crippen molar-refractivity contribution in [3.63, 3.8) is 0 Å². The zero-order valence-corrected chi connectivity index (χ0v) is 16.8. The van der Waals surface area contributed by atoms with Crippen molar-refractivity contribution in [2.75, 3.05) is 14.2 Å². The lowest BCUT2D eigenvalue weighted by Gasteiger charge is -2.19. The molecule has 5 nitrogen and oxygen atoms in total. The van der Waals surface area contributed by atoms with Crippen LogP contribution in [-0.4, -0.2) is 22.6 Å². The van der Waals surface area contributed by atoms with Gasteiger partial charge in [-0.1, -0.05) is 26.0 Å². The number of aryl methyl sites for hydroxylation is 2. The highest BCUT2D eigenvalue weighted by molar-refractivity contribution is 7.89. The van der Waals surface area contributed by atoms with Crippen LogP contribution >= 0.6 is 0 Å². The molecule has 1 unspecified atom stereocenters. The van der Waals surface area contributed by atoms with Crippen molar-refractivity contribution in [1.82, 2.24) is 4.72 Å². The van der Waals surface area contributed by atoms with Crippen LogP contribution in [0.1, 0.15) is 43.0 Å². The van der Waals surface area contributed by atoms with Gasteiger partial charge in [-0.05, 0) is 60.7 Å². The van der Waals surface area contributed by atoms with Gasteiger partial charge in [0.05, 0.1) is 19.1 Å². The van der Waals surface area contributed by atoms with Crippen molar-refractivity contribution in [2.24, 2.45) is 0 Å². The van der Waals surface area contributed by atoms with Crippen molar-refractivity contribution in [3.8, 4) is 11.5 Å². The molecule has 0 amide bonds. The van der Waals surface area contributed by atoms with E-state index in [1.54, 1.807) is 32.4 Å². The summed E-state index contributed by atoms with van der Waals surface area (Å²) in [6.07, 6.45) is 1.34. The Bertz CT molecular complexity index is 862. The van der Waals surface area contributed by atoms with E-state index in [9.17, 15) is 8.42 Å². The Morgan fingerprint density at radius 3 is 2.19 bits per heavy atom. The van der Waals surface area contributed by atoms with Gasteiger partial charge in [0, 0.05) is 6.04 Å². The smallest absolute Gasteiger partial charge is 0.241 e. The Hall–Kier alpha value is -2.05. The molecule has 0 aromatic heterocycles. The summed E-state index contributed by atoms with van der Waals surface area (Å²) in [5.74, 6) is 1.48. The monoisotopic (exact) mass is 377 g/mol. The Morgan fingerprint density at radius 1 is 1.00 bits per heavy atom. The zero-order valence-electron chi connectivity index (χ0n) is 16.0. The van der Waals surface area contributed by atoms with E-state index in [2.05, 4.69) is 4.72 Å². The molecule has 0 saturated heterocycles. The molecule has 6 heteroatoms. The maximum absolute atomic E-state index is 12.9. The summed E-state index contributed by atoms with van der Waals surface area (Å²) in [7, 11) is -0.437. The van der Waals surface area contributed by atoms with Crippen molar-refractivity contribution in [1.29, 1.82) is 0 Å². The average molecular weight is 378 g/mol. The predicted molar refractivity (Wildman–Crippen MR) is 103 cm³/mol. The Kier molecular flexibility index (Phi) is 6.67. The van der Waals surface area contributed by atoms with Crippen LogP contribution in [0.4, 0.5) is 0 Å². The van der Waals surface area contributed by atoms with Crippen LogP contribution in [0.15, 0.2) is 41.3 Å². The minimum absolute atomic E-state index is 0.249. The first kappa shape index (κ1) is 20.3. The lowest BCUT2D eigenvalue weighted by molar-refractivity contribution is 0.409. The fraction of sp³-hybridized carbons (Fsp3) is 0.400. The summed E-state index contributed by atoms with van der Waals surface area (Å²) >= 11 is 0. The number of methoxy groups -OCH3 is 2. The second kappa shape index (κ2) is 8.56. The van der Waals surface area contributed by atoms with E-state index in [0.29, 0.717) is 18.6 Å². The third kappa shape index (κ3) is 4.37. The molecule has 0 radical (unpaired) electrons. The van der Waals surface area contributed by atoms with Gasteiger partial charge in [-0.15, -0.1) is 0 Å². The second-order valence-electron chi connectivity index (χ2n) is 6.14. The molecule has 1 N–H and O–H groups in total. The van der Waals surface area contributed by atoms with Gasteiger partial charge in [-0.25, -0.2) is 13.1 Å². The first-order valence-electron chi connectivity index (χ1n) is 8.70. The summed E-state index contributed by atoms with van der Waals surface area (Å²) < 4.78 is 39.1. The minimum atomic E-state index is -3.64. The van der Waals surface area contributed by atoms with Crippen LogP contribution < -0.4 is 14.2 Å². The average Bonchev–Trinajstić information content (AvgIpc) is 2.65. The third-order valence-corrected chi connectivity index (χ3v) is 5.94. The number of benzene rings is 2. The van der Waals surface area contributed by atoms with Crippen LogP contribution in [0, 0.1) is 6.92 Å². The first-order chi connectivity index (χ1) is 12.4. The van der Waals surface area contributed by atoms with Gasteiger partial charge >= 0.3 is 0 Å². The van der Waals surface area contributed by atoms with Gasteiger partial charge in [-0.3, -0.25) is 0 Å². The molecule has 0 aliphatic heterocycles. The minimum Gasteiger partial charge on any atom is -0.496 e. The topological polar surface area (TPSA) is 64.6 Å².